The number of aromatic amines is 1. The lowest BCUT2D eigenvalue weighted by molar-refractivity contribution is 0.0940. The number of nitrogens with one attached hydrogen (secondary N) is 2. The molecule has 0 saturated carbocycles. The summed E-state index contributed by atoms with van der Waals surface area (Å²) in [6.45, 7) is 8.58. The zero-order valence-corrected chi connectivity index (χ0v) is 14.7. The third-order valence-electron chi connectivity index (χ3n) is 4.30. The number of Topliss-reactive ketones (excluding diaryl/α,β-unsaturated/α-hetero) is 2. The van der Waals surface area contributed by atoms with Gasteiger partial charge in [0.05, 0.1) is 11.7 Å². The molecule has 0 unspecified atom stereocenters. The largest absolute Gasteiger partial charge is 0.355 e. The first-order chi connectivity index (χ1) is 11.2. The van der Waals surface area contributed by atoms with E-state index in [0.717, 1.165) is 0 Å². The number of rotatable bonds is 6. The zero-order valence-electron chi connectivity index (χ0n) is 14.7. The van der Waals surface area contributed by atoms with Gasteiger partial charge in [-0.1, -0.05) is 18.2 Å². The summed E-state index contributed by atoms with van der Waals surface area (Å²) < 4.78 is 13.9. The van der Waals surface area contributed by atoms with Crippen LogP contribution in [0, 0.1) is 19.7 Å². The van der Waals surface area contributed by atoms with Crippen LogP contribution in [0.4, 0.5) is 4.39 Å². The molecule has 0 aliphatic carbocycles. The van der Waals surface area contributed by atoms with Gasteiger partial charge in [-0.2, -0.15) is 0 Å². The first kappa shape index (κ1) is 18.1. The fourth-order valence-electron chi connectivity index (χ4n) is 3.11. The van der Waals surface area contributed by atoms with Crippen LogP contribution in [0.2, 0.25) is 0 Å². The van der Waals surface area contributed by atoms with Gasteiger partial charge in [0.25, 0.3) is 0 Å². The lowest BCUT2D eigenvalue weighted by atomic mass is 10.0. The van der Waals surface area contributed by atoms with E-state index in [1.165, 1.54) is 13.0 Å². The van der Waals surface area contributed by atoms with Gasteiger partial charge in [-0.15, -0.1) is 0 Å². The van der Waals surface area contributed by atoms with E-state index in [4.69, 9.17) is 0 Å². The van der Waals surface area contributed by atoms with Crippen molar-refractivity contribution in [3.63, 3.8) is 0 Å². The molecule has 0 spiro atoms. The van der Waals surface area contributed by atoms with Crippen LogP contribution in [-0.2, 0) is 0 Å². The molecule has 0 radical (unpaired) electrons. The Labute approximate surface area is 141 Å². The van der Waals surface area contributed by atoms with E-state index in [9.17, 15) is 14.0 Å². The Hall–Kier alpha value is -2.27. The Balaban J connectivity index is 2.20. The van der Waals surface area contributed by atoms with Crippen molar-refractivity contribution in [1.82, 2.24) is 10.3 Å². The van der Waals surface area contributed by atoms with E-state index in [1.54, 1.807) is 39.0 Å². The smallest absolute Gasteiger partial charge is 0.195 e. The van der Waals surface area contributed by atoms with Crippen molar-refractivity contribution in [1.29, 1.82) is 0 Å². The first-order valence-corrected chi connectivity index (χ1v) is 7.98. The van der Waals surface area contributed by atoms with E-state index < -0.39 is 6.04 Å². The Bertz CT molecular complexity index is 780. The van der Waals surface area contributed by atoms with Crippen molar-refractivity contribution in [3.8, 4) is 0 Å². The molecule has 24 heavy (non-hydrogen) atoms. The van der Waals surface area contributed by atoms with Crippen LogP contribution in [0.5, 0.6) is 0 Å². The van der Waals surface area contributed by atoms with Crippen LogP contribution < -0.4 is 5.32 Å². The van der Waals surface area contributed by atoms with Gasteiger partial charge in [-0.25, -0.2) is 4.39 Å². The minimum Gasteiger partial charge on any atom is -0.355 e. The molecule has 2 atom stereocenters. The molecule has 2 N–H and O–H groups in total. The molecule has 1 aromatic heterocycles. The van der Waals surface area contributed by atoms with Gasteiger partial charge >= 0.3 is 0 Å². The summed E-state index contributed by atoms with van der Waals surface area (Å²) in [5, 5.41) is 3.13. The highest BCUT2D eigenvalue weighted by Crippen LogP contribution is 2.21. The van der Waals surface area contributed by atoms with Crippen LogP contribution in [0.25, 0.3) is 0 Å². The standard InChI is InChI=1S/C19H23FN2O2/c1-10-17(14(5)23)12(3)22-18(10)19(24)13(4)21-11(2)15-8-6-7-9-16(15)20/h6-9,11,13,21-22H,1-5H3/t11-,13-/m1/s1. The molecule has 0 bridgehead atoms. The highest BCUT2D eigenvalue weighted by Gasteiger charge is 2.25. The number of hydrogen-bond donors (Lipinski definition) is 2. The second-order valence-corrected chi connectivity index (χ2v) is 6.18. The van der Waals surface area contributed by atoms with E-state index in [2.05, 4.69) is 10.3 Å². The van der Waals surface area contributed by atoms with Gasteiger partial charge in [0, 0.05) is 22.9 Å². The number of halogens is 1. The number of H-pyrrole nitrogens is 1. The number of ketones is 2. The number of benzene rings is 1. The summed E-state index contributed by atoms with van der Waals surface area (Å²) in [5.41, 5.74) is 2.86. The quantitative estimate of drug-likeness (QED) is 0.790. The highest BCUT2D eigenvalue weighted by molar-refractivity contribution is 6.05. The van der Waals surface area contributed by atoms with Crippen LogP contribution in [-0.4, -0.2) is 22.6 Å². The number of aromatic nitrogens is 1. The maximum atomic E-state index is 13.9. The molecular formula is C19H23FN2O2. The van der Waals surface area contributed by atoms with Crippen LogP contribution in [0.3, 0.4) is 0 Å². The van der Waals surface area contributed by atoms with Crippen molar-refractivity contribution < 1.29 is 14.0 Å². The molecular weight excluding hydrogens is 307 g/mol. The number of carbonyl (C=O) groups is 2. The average Bonchev–Trinajstić information content (AvgIpc) is 2.81. The fourth-order valence-corrected chi connectivity index (χ4v) is 3.11. The van der Waals surface area contributed by atoms with Gasteiger partial charge in [0.1, 0.15) is 5.82 Å². The van der Waals surface area contributed by atoms with Crippen molar-refractivity contribution in [2.45, 2.75) is 46.7 Å². The second kappa shape index (κ2) is 7.09. The van der Waals surface area contributed by atoms with Crippen molar-refractivity contribution in [3.05, 3.63) is 58.2 Å². The number of aryl methyl sites for hydroxylation is 1. The lowest BCUT2D eigenvalue weighted by Crippen LogP contribution is -2.36. The first-order valence-electron chi connectivity index (χ1n) is 7.98. The van der Waals surface area contributed by atoms with Crippen molar-refractivity contribution >= 4 is 11.6 Å². The maximum Gasteiger partial charge on any atom is 0.195 e. The molecule has 2 rings (SSSR count). The van der Waals surface area contributed by atoms with Gasteiger partial charge < -0.3 is 10.3 Å². The third-order valence-corrected chi connectivity index (χ3v) is 4.30. The molecule has 2 aromatic rings. The Morgan fingerprint density at radius 2 is 1.79 bits per heavy atom. The van der Waals surface area contributed by atoms with Gasteiger partial charge in [-0.3, -0.25) is 9.59 Å². The normalized spacial score (nSPS) is 13.6. The highest BCUT2D eigenvalue weighted by atomic mass is 19.1. The van der Waals surface area contributed by atoms with E-state index in [0.29, 0.717) is 28.1 Å². The molecule has 0 saturated heterocycles. The SMILES string of the molecule is CC(=O)c1c(C)[nH]c(C(=O)[C@@H](C)N[C@H](C)c2ccccc2F)c1C. The van der Waals surface area contributed by atoms with Crippen molar-refractivity contribution in [2.75, 3.05) is 0 Å². The summed E-state index contributed by atoms with van der Waals surface area (Å²) in [6.07, 6.45) is 0. The van der Waals surface area contributed by atoms with Gasteiger partial charge in [0.15, 0.2) is 11.6 Å². The fraction of sp³-hybridized carbons (Fsp3) is 0.368. The molecule has 5 heteroatoms. The van der Waals surface area contributed by atoms with Gasteiger partial charge in [0.2, 0.25) is 0 Å². The second-order valence-electron chi connectivity index (χ2n) is 6.18. The molecule has 1 heterocycles. The van der Waals surface area contributed by atoms with Crippen LogP contribution in [0.1, 0.15) is 64.5 Å². The predicted octanol–water partition coefficient (Wildman–Crippen LogP) is 3.90. The summed E-state index contributed by atoms with van der Waals surface area (Å²) in [7, 11) is 0. The van der Waals surface area contributed by atoms with Crippen LogP contribution in [0.15, 0.2) is 24.3 Å². The number of hydrogen-bond acceptors (Lipinski definition) is 3. The molecule has 1 aromatic carbocycles. The molecule has 0 aliphatic rings. The topological polar surface area (TPSA) is 62.0 Å². The lowest BCUT2D eigenvalue weighted by Gasteiger charge is -2.20. The third kappa shape index (κ3) is 3.46. The Morgan fingerprint density at radius 1 is 1.17 bits per heavy atom. The minimum atomic E-state index is -0.517. The molecule has 128 valence electrons. The summed E-state index contributed by atoms with van der Waals surface area (Å²) in [6, 6.07) is 5.67. The summed E-state index contributed by atoms with van der Waals surface area (Å²) in [4.78, 5) is 27.4. The van der Waals surface area contributed by atoms with E-state index >= 15 is 0 Å². The zero-order chi connectivity index (χ0) is 18.0. The Morgan fingerprint density at radius 3 is 2.33 bits per heavy atom. The molecule has 0 aliphatic heterocycles. The van der Waals surface area contributed by atoms with E-state index in [-0.39, 0.29) is 23.4 Å². The average molecular weight is 330 g/mol. The molecule has 4 nitrogen and oxygen atoms in total. The number of carbonyl (C=O) groups excluding carboxylic acids is 2. The van der Waals surface area contributed by atoms with Crippen molar-refractivity contribution in [2.24, 2.45) is 0 Å². The predicted molar refractivity (Wildman–Crippen MR) is 92.0 cm³/mol. The van der Waals surface area contributed by atoms with E-state index in [1.807, 2.05) is 6.92 Å². The van der Waals surface area contributed by atoms with Gasteiger partial charge in [-0.05, 0) is 46.2 Å². The summed E-state index contributed by atoms with van der Waals surface area (Å²) in [5.74, 6) is -0.519. The monoisotopic (exact) mass is 330 g/mol. The minimum absolute atomic E-state index is 0.0689. The molecule has 0 amide bonds. The maximum absolute atomic E-state index is 13.9. The molecule has 0 fully saturated rings. The summed E-state index contributed by atoms with van der Waals surface area (Å²) >= 11 is 0. The Kier molecular flexibility index (Phi) is 5.34. The van der Waals surface area contributed by atoms with Crippen LogP contribution >= 0.6 is 0 Å².